The first-order valence-electron chi connectivity index (χ1n) is 6.12. The fourth-order valence-corrected chi connectivity index (χ4v) is 2.36. The number of hydrogen-bond acceptors (Lipinski definition) is 1. The Hall–Kier alpha value is -0.730. The van der Waals surface area contributed by atoms with Crippen molar-refractivity contribution < 1.29 is 4.79 Å². The molecule has 1 unspecified atom stereocenters. The van der Waals surface area contributed by atoms with Crippen molar-refractivity contribution in [1.82, 2.24) is 5.32 Å². The molecule has 0 aliphatic rings. The molecule has 0 saturated heterocycles. The van der Waals surface area contributed by atoms with E-state index >= 15 is 0 Å². The summed E-state index contributed by atoms with van der Waals surface area (Å²) in [6.45, 7) is 4.74. The van der Waals surface area contributed by atoms with E-state index in [1.54, 1.807) is 12.1 Å². The number of alkyl halides is 1. The lowest BCUT2D eigenvalue weighted by Gasteiger charge is -2.13. The van der Waals surface area contributed by atoms with Crippen molar-refractivity contribution in [1.29, 1.82) is 0 Å². The molecule has 18 heavy (non-hydrogen) atoms. The van der Waals surface area contributed by atoms with Crippen LogP contribution in [0.5, 0.6) is 0 Å². The van der Waals surface area contributed by atoms with Crippen molar-refractivity contribution in [2.24, 2.45) is 5.92 Å². The van der Waals surface area contributed by atoms with Crippen LogP contribution in [0.1, 0.15) is 25.8 Å². The second kappa shape index (κ2) is 7.65. The van der Waals surface area contributed by atoms with Crippen LogP contribution in [0.15, 0.2) is 24.3 Å². The topological polar surface area (TPSA) is 29.1 Å². The van der Waals surface area contributed by atoms with Crippen molar-refractivity contribution in [3.8, 4) is 0 Å². The summed E-state index contributed by atoms with van der Waals surface area (Å²) in [6, 6.07) is 7.32. The van der Waals surface area contributed by atoms with Gasteiger partial charge in [0.05, 0.1) is 11.8 Å². The maximum atomic E-state index is 11.7. The largest absolute Gasteiger partial charge is 0.354 e. The van der Waals surface area contributed by atoms with E-state index in [0.717, 1.165) is 12.0 Å². The van der Waals surface area contributed by atoms with E-state index in [-0.39, 0.29) is 11.3 Å². The van der Waals surface area contributed by atoms with Crippen LogP contribution >= 0.6 is 23.2 Å². The van der Waals surface area contributed by atoms with Gasteiger partial charge in [0.2, 0.25) is 5.91 Å². The second-order valence-electron chi connectivity index (χ2n) is 4.84. The molecule has 0 radical (unpaired) electrons. The van der Waals surface area contributed by atoms with Crippen molar-refractivity contribution in [2.75, 3.05) is 6.54 Å². The Kier molecular flexibility index (Phi) is 6.51. The zero-order chi connectivity index (χ0) is 13.5. The number of nitrogens with one attached hydrogen (secondary N) is 1. The zero-order valence-corrected chi connectivity index (χ0v) is 12.3. The monoisotopic (exact) mass is 287 g/mol. The highest BCUT2D eigenvalue weighted by atomic mass is 35.5. The van der Waals surface area contributed by atoms with Crippen LogP contribution in [-0.4, -0.2) is 17.8 Å². The molecule has 1 rings (SSSR count). The van der Waals surface area contributed by atoms with Gasteiger partial charge >= 0.3 is 0 Å². The lowest BCUT2D eigenvalue weighted by atomic mass is 10.1. The fraction of sp³-hybridized carbons (Fsp3) is 0.500. The number of benzene rings is 1. The molecule has 1 aromatic carbocycles. The van der Waals surface area contributed by atoms with Gasteiger partial charge in [-0.05, 0) is 30.0 Å². The smallest absolute Gasteiger partial charge is 0.224 e. The number of halogens is 2. The van der Waals surface area contributed by atoms with E-state index in [9.17, 15) is 4.79 Å². The molecule has 1 amide bonds. The third kappa shape index (κ3) is 6.27. The molecule has 0 aromatic heterocycles. The van der Waals surface area contributed by atoms with Crippen molar-refractivity contribution >= 4 is 29.1 Å². The molecule has 4 heteroatoms. The molecule has 0 saturated carbocycles. The summed E-state index contributed by atoms with van der Waals surface area (Å²) in [5.74, 6) is 0.518. The average Bonchev–Trinajstić information content (AvgIpc) is 2.25. The van der Waals surface area contributed by atoms with Gasteiger partial charge in [0.15, 0.2) is 0 Å². The molecule has 0 aliphatic heterocycles. The summed E-state index contributed by atoms with van der Waals surface area (Å²) < 4.78 is 0. The van der Waals surface area contributed by atoms with Crippen molar-refractivity contribution in [3.63, 3.8) is 0 Å². The minimum Gasteiger partial charge on any atom is -0.354 e. The maximum Gasteiger partial charge on any atom is 0.224 e. The lowest BCUT2D eigenvalue weighted by molar-refractivity contribution is -0.120. The van der Waals surface area contributed by atoms with Gasteiger partial charge in [-0.1, -0.05) is 37.6 Å². The van der Waals surface area contributed by atoms with Crippen LogP contribution in [-0.2, 0) is 11.2 Å². The van der Waals surface area contributed by atoms with Crippen molar-refractivity contribution in [3.05, 3.63) is 34.9 Å². The Bertz CT molecular complexity index is 393. The van der Waals surface area contributed by atoms with Gasteiger partial charge in [0, 0.05) is 11.6 Å². The first-order valence-corrected chi connectivity index (χ1v) is 6.94. The SMILES string of the molecule is CC(C)CC(Cl)CNC(=O)Cc1cccc(Cl)c1. The highest BCUT2D eigenvalue weighted by Gasteiger charge is 2.09. The molecule has 0 bridgehead atoms. The molecule has 0 spiro atoms. The molecule has 100 valence electrons. The van der Waals surface area contributed by atoms with E-state index < -0.39 is 0 Å². The van der Waals surface area contributed by atoms with E-state index in [1.807, 2.05) is 12.1 Å². The van der Waals surface area contributed by atoms with Gasteiger partial charge in [-0.25, -0.2) is 0 Å². The summed E-state index contributed by atoms with van der Waals surface area (Å²) in [6.07, 6.45) is 1.24. The Morgan fingerprint density at radius 3 is 2.72 bits per heavy atom. The predicted octanol–water partition coefficient (Wildman–Crippen LogP) is 3.65. The normalized spacial score (nSPS) is 12.5. The molecule has 1 aromatic rings. The predicted molar refractivity (Wildman–Crippen MR) is 77.3 cm³/mol. The molecule has 1 N–H and O–H groups in total. The van der Waals surface area contributed by atoms with E-state index in [0.29, 0.717) is 23.9 Å². The molecule has 0 heterocycles. The fourth-order valence-electron chi connectivity index (χ4n) is 1.71. The van der Waals surface area contributed by atoms with E-state index in [1.165, 1.54) is 0 Å². The first kappa shape index (κ1) is 15.3. The van der Waals surface area contributed by atoms with Gasteiger partial charge in [0.25, 0.3) is 0 Å². The number of hydrogen-bond donors (Lipinski definition) is 1. The van der Waals surface area contributed by atoms with Crippen LogP contribution in [0, 0.1) is 5.92 Å². The Labute approximate surface area is 119 Å². The quantitative estimate of drug-likeness (QED) is 0.795. The third-order valence-corrected chi connectivity index (χ3v) is 3.07. The molecule has 1 atom stereocenters. The van der Waals surface area contributed by atoms with Crippen LogP contribution in [0.25, 0.3) is 0 Å². The Morgan fingerprint density at radius 2 is 2.11 bits per heavy atom. The summed E-state index contributed by atoms with van der Waals surface area (Å²) in [4.78, 5) is 11.7. The third-order valence-electron chi connectivity index (χ3n) is 2.50. The van der Waals surface area contributed by atoms with Crippen molar-refractivity contribution in [2.45, 2.75) is 32.1 Å². The van der Waals surface area contributed by atoms with E-state index in [2.05, 4.69) is 19.2 Å². The molecular formula is C14H19Cl2NO. The number of carbonyl (C=O) groups excluding carboxylic acids is 1. The van der Waals surface area contributed by atoms with Gasteiger partial charge in [-0.15, -0.1) is 11.6 Å². The van der Waals surface area contributed by atoms with E-state index in [4.69, 9.17) is 23.2 Å². The minimum absolute atomic E-state index is 0.00619. The highest BCUT2D eigenvalue weighted by Crippen LogP contribution is 2.12. The van der Waals surface area contributed by atoms with Gasteiger partial charge in [-0.3, -0.25) is 4.79 Å². The highest BCUT2D eigenvalue weighted by molar-refractivity contribution is 6.30. The minimum atomic E-state index is -0.0216. The second-order valence-corrected chi connectivity index (χ2v) is 5.89. The molecule has 0 fully saturated rings. The molecule has 2 nitrogen and oxygen atoms in total. The molecular weight excluding hydrogens is 269 g/mol. The van der Waals surface area contributed by atoms with Crippen LogP contribution < -0.4 is 5.32 Å². The standard InChI is InChI=1S/C14H19Cl2NO/c1-10(2)6-13(16)9-17-14(18)8-11-4-3-5-12(15)7-11/h3-5,7,10,13H,6,8-9H2,1-2H3,(H,17,18). The van der Waals surface area contributed by atoms with Gasteiger partial charge in [0.1, 0.15) is 0 Å². The average molecular weight is 288 g/mol. The summed E-state index contributed by atoms with van der Waals surface area (Å²) >= 11 is 12.0. The summed E-state index contributed by atoms with van der Waals surface area (Å²) in [5, 5.41) is 3.48. The lowest BCUT2D eigenvalue weighted by Crippen LogP contribution is -2.31. The first-order chi connectivity index (χ1) is 8.47. The zero-order valence-electron chi connectivity index (χ0n) is 10.7. The van der Waals surface area contributed by atoms with Crippen LogP contribution in [0.2, 0.25) is 5.02 Å². The number of amides is 1. The molecule has 0 aliphatic carbocycles. The Morgan fingerprint density at radius 1 is 1.39 bits per heavy atom. The maximum absolute atomic E-state index is 11.7. The van der Waals surface area contributed by atoms with Gasteiger partial charge in [-0.2, -0.15) is 0 Å². The van der Waals surface area contributed by atoms with Crippen LogP contribution in [0.4, 0.5) is 0 Å². The number of rotatable bonds is 6. The van der Waals surface area contributed by atoms with Gasteiger partial charge < -0.3 is 5.32 Å². The van der Waals surface area contributed by atoms with Crippen LogP contribution in [0.3, 0.4) is 0 Å². The summed E-state index contributed by atoms with van der Waals surface area (Å²) in [7, 11) is 0. The Balaban J connectivity index is 2.34. The summed E-state index contributed by atoms with van der Waals surface area (Å²) in [5.41, 5.74) is 0.912. The number of carbonyl (C=O) groups is 1.